The number of ether oxygens (including phenoxy) is 2. The molecular formula is C12H17N5O2. The van der Waals surface area contributed by atoms with Gasteiger partial charge in [0.05, 0.1) is 19.0 Å². The minimum absolute atomic E-state index is 0.0838. The molecule has 0 amide bonds. The molecule has 3 atom stereocenters. The number of nitrogen functional groups attached to an aromatic ring is 1. The van der Waals surface area contributed by atoms with Crippen molar-refractivity contribution in [2.75, 3.05) is 19.5 Å². The van der Waals surface area contributed by atoms with Crippen LogP contribution in [0.3, 0.4) is 0 Å². The molecule has 1 fully saturated rings. The van der Waals surface area contributed by atoms with Crippen molar-refractivity contribution in [3.63, 3.8) is 0 Å². The first-order valence-electron chi connectivity index (χ1n) is 6.28. The molecule has 7 nitrogen and oxygen atoms in total. The largest absolute Gasteiger partial charge is 0.382 e. The Hall–Kier alpha value is -1.73. The van der Waals surface area contributed by atoms with E-state index in [0.717, 1.165) is 6.42 Å². The lowest BCUT2D eigenvalue weighted by atomic mass is 10.1. The molecule has 102 valence electrons. The van der Waals surface area contributed by atoms with Gasteiger partial charge in [-0.05, 0) is 6.42 Å². The summed E-state index contributed by atoms with van der Waals surface area (Å²) in [5.74, 6) is 0.761. The quantitative estimate of drug-likeness (QED) is 0.888. The molecule has 2 N–H and O–H groups in total. The molecule has 0 saturated carbocycles. The van der Waals surface area contributed by atoms with Gasteiger partial charge in [0.2, 0.25) is 0 Å². The van der Waals surface area contributed by atoms with Crippen molar-refractivity contribution in [3.05, 3.63) is 12.7 Å². The van der Waals surface area contributed by atoms with E-state index in [9.17, 15) is 0 Å². The molecule has 0 aromatic carbocycles. The number of aromatic nitrogens is 4. The van der Waals surface area contributed by atoms with Gasteiger partial charge >= 0.3 is 0 Å². The highest BCUT2D eigenvalue weighted by Crippen LogP contribution is 2.35. The number of methoxy groups -OCH3 is 1. The summed E-state index contributed by atoms with van der Waals surface area (Å²) < 4.78 is 13.1. The number of fused-ring (bicyclic) bond motifs is 1. The fraction of sp³-hybridized carbons (Fsp3) is 0.583. The van der Waals surface area contributed by atoms with Crippen LogP contribution in [0.15, 0.2) is 12.7 Å². The maximum absolute atomic E-state index is 6.00. The van der Waals surface area contributed by atoms with Crippen molar-refractivity contribution in [1.29, 1.82) is 0 Å². The van der Waals surface area contributed by atoms with E-state index in [2.05, 4.69) is 21.9 Å². The van der Waals surface area contributed by atoms with E-state index in [1.54, 1.807) is 13.4 Å². The Morgan fingerprint density at radius 3 is 3.11 bits per heavy atom. The van der Waals surface area contributed by atoms with Gasteiger partial charge in [0, 0.05) is 13.0 Å². The van der Waals surface area contributed by atoms with E-state index in [-0.39, 0.29) is 12.3 Å². The smallest absolute Gasteiger partial charge is 0.167 e. The van der Waals surface area contributed by atoms with Crippen LogP contribution in [0.2, 0.25) is 0 Å². The lowest BCUT2D eigenvalue weighted by Gasteiger charge is -2.17. The minimum Gasteiger partial charge on any atom is -0.382 e. The van der Waals surface area contributed by atoms with Gasteiger partial charge in [-0.2, -0.15) is 0 Å². The summed E-state index contributed by atoms with van der Waals surface area (Å²) in [5.41, 5.74) is 7.12. The molecule has 3 heterocycles. The summed E-state index contributed by atoms with van der Waals surface area (Å²) in [4.78, 5) is 12.5. The average molecular weight is 263 g/mol. The van der Waals surface area contributed by atoms with Crippen LogP contribution >= 0.6 is 0 Å². The van der Waals surface area contributed by atoms with E-state index in [1.165, 1.54) is 6.33 Å². The SMILES string of the molecule is COCC1CC(C)C(n2cnc3c(N)ncnc32)O1. The lowest BCUT2D eigenvalue weighted by Crippen LogP contribution is -2.16. The number of nitrogens with zero attached hydrogens (tertiary/aromatic N) is 4. The molecule has 3 rings (SSSR count). The van der Waals surface area contributed by atoms with Crippen LogP contribution in [0.1, 0.15) is 19.6 Å². The second-order valence-corrected chi connectivity index (χ2v) is 4.90. The number of imidazole rings is 1. The summed E-state index contributed by atoms with van der Waals surface area (Å²) in [7, 11) is 1.68. The second-order valence-electron chi connectivity index (χ2n) is 4.90. The highest BCUT2D eigenvalue weighted by molar-refractivity contribution is 5.81. The number of rotatable bonds is 3. The Balaban J connectivity index is 1.94. The standard InChI is InChI=1S/C12H17N5O2/c1-7-3-8(4-18-2)19-12(7)17-6-16-9-10(13)14-5-15-11(9)17/h5-8,12H,3-4H2,1-2H3,(H2,13,14,15). The van der Waals surface area contributed by atoms with Gasteiger partial charge in [0.25, 0.3) is 0 Å². The second kappa shape index (κ2) is 4.75. The minimum atomic E-state index is -0.0838. The molecule has 1 saturated heterocycles. The molecule has 0 bridgehead atoms. The topological polar surface area (TPSA) is 88.1 Å². The van der Waals surface area contributed by atoms with Gasteiger partial charge in [0.1, 0.15) is 18.1 Å². The normalized spacial score (nSPS) is 27.2. The van der Waals surface area contributed by atoms with E-state index in [1.807, 2.05) is 4.57 Å². The van der Waals surface area contributed by atoms with Crippen molar-refractivity contribution < 1.29 is 9.47 Å². The van der Waals surface area contributed by atoms with Crippen molar-refractivity contribution in [3.8, 4) is 0 Å². The average Bonchev–Trinajstić information content (AvgIpc) is 2.94. The Bertz CT molecular complexity index is 585. The first-order valence-corrected chi connectivity index (χ1v) is 6.28. The molecule has 0 spiro atoms. The van der Waals surface area contributed by atoms with Crippen LogP contribution in [-0.2, 0) is 9.47 Å². The zero-order chi connectivity index (χ0) is 13.4. The van der Waals surface area contributed by atoms with Gasteiger partial charge in [-0.1, -0.05) is 6.92 Å². The maximum Gasteiger partial charge on any atom is 0.167 e. The molecule has 19 heavy (non-hydrogen) atoms. The van der Waals surface area contributed by atoms with Crippen molar-refractivity contribution in [2.45, 2.75) is 25.7 Å². The fourth-order valence-corrected chi connectivity index (χ4v) is 2.61. The summed E-state index contributed by atoms with van der Waals surface area (Å²) in [5, 5.41) is 0. The zero-order valence-electron chi connectivity index (χ0n) is 11.0. The Kier molecular flexibility index (Phi) is 3.08. The number of anilines is 1. The maximum atomic E-state index is 6.00. The predicted octanol–water partition coefficient (Wildman–Crippen LogP) is 0.978. The van der Waals surface area contributed by atoms with Gasteiger partial charge in [-0.15, -0.1) is 0 Å². The van der Waals surface area contributed by atoms with Crippen molar-refractivity contribution in [2.24, 2.45) is 5.92 Å². The Morgan fingerprint density at radius 2 is 2.32 bits per heavy atom. The highest BCUT2D eigenvalue weighted by atomic mass is 16.5. The summed E-state index contributed by atoms with van der Waals surface area (Å²) in [6.45, 7) is 2.75. The first kappa shape index (κ1) is 12.3. The van der Waals surface area contributed by atoms with Gasteiger partial charge in [-0.25, -0.2) is 15.0 Å². The third-order valence-electron chi connectivity index (χ3n) is 3.47. The Morgan fingerprint density at radius 1 is 1.47 bits per heavy atom. The van der Waals surface area contributed by atoms with Crippen LogP contribution < -0.4 is 5.73 Å². The van der Waals surface area contributed by atoms with E-state index in [0.29, 0.717) is 29.5 Å². The van der Waals surface area contributed by atoms with Crippen LogP contribution in [0, 0.1) is 5.92 Å². The lowest BCUT2D eigenvalue weighted by molar-refractivity contribution is -0.0375. The molecule has 3 unspecified atom stereocenters. The van der Waals surface area contributed by atoms with Crippen LogP contribution in [0.5, 0.6) is 0 Å². The molecule has 0 aliphatic carbocycles. The van der Waals surface area contributed by atoms with Gasteiger partial charge < -0.3 is 15.2 Å². The van der Waals surface area contributed by atoms with Gasteiger partial charge in [-0.3, -0.25) is 4.57 Å². The van der Waals surface area contributed by atoms with E-state index in [4.69, 9.17) is 15.2 Å². The number of hydrogen-bond donors (Lipinski definition) is 1. The Labute approximate surface area is 110 Å². The predicted molar refractivity (Wildman–Crippen MR) is 69.3 cm³/mol. The molecule has 7 heteroatoms. The van der Waals surface area contributed by atoms with Crippen molar-refractivity contribution >= 4 is 17.0 Å². The molecule has 1 aliphatic heterocycles. The molecule has 2 aromatic rings. The number of hydrogen-bond acceptors (Lipinski definition) is 6. The van der Waals surface area contributed by atoms with Crippen molar-refractivity contribution in [1.82, 2.24) is 19.5 Å². The van der Waals surface area contributed by atoms with Crippen LogP contribution in [0.25, 0.3) is 11.2 Å². The fourth-order valence-electron chi connectivity index (χ4n) is 2.61. The number of nitrogens with two attached hydrogens (primary N) is 1. The highest BCUT2D eigenvalue weighted by Gasteiger charge is 2.34. The molecule has 0 radical (unpaired) electrons. The molecule has 1 aliphatic rings. The monoisotopic (exact) mass is 263 g/mol. The van der Waals surface area contributed by atoms with Gasteiger partial charge in [0.15, 0.2) is 11.5 Å². The van der Waals surface area contributed by atoms with Crippen LogP contribution in [-0.4, -0.2) is 39.3 Å². The van der Waals surface area contributed by atoms with E-state index >= 15 is 0 Å². The van der Waals surface area contributed by atoms with E-state index < -0.39 is 0 Å². The zero-order valence-corrected chi connectivity index (χ0v) is 11.0. The summed E-state index contributed by atoms with van der Waals surface area (Å²) in [6, 6.07) is 0. The first-order chi connectivity index (χ1) is 9.20. The molecule has 2 aromatic heterocycles. The van der Waals surface area contributed by atoms with Crippen LogP contribution in [0.4, 0.5) is 5.82 Å². The third kappa shape index (κ3) is 2.04. The summed E-state index contributed by atoms with van der Waals surface area (Å²) in [6.07, 6.45) is 4.15. The third-order valence-corrected chi connectivity index (χ3v) is 3.47. The summed E-state index contributed by atoms with van der Waals surface area (Å²) >= 11 is 0. The molecular weight excluding hydrogens is 246 g/mol.